The van der Waals surface area contributed by atoms with Gasteiger partial charge in [-0.1, -0.05) is 43.7 Å². The Bertz CT molecular complexity index is 450. The molecular weight excluding hydrogens is 401 g/mol. The summed E-state index contributed by atoms with van der Waals surface area (Å²) in [5.74, 6) is 1.46. The third kappa shape index (κ3) is 11.4. The molecule has 5 heteroatoms. The van der Waals surface area contributed by atoms with E-state index in [1.54, 1.807) is 7.05 Å². The van der Waals surface area contributed by atoms with Crippen molar-refractivity contribution in [2.75, 3.05) is 33.4 Å². The standard InChI is InChI=1S/C18H31N3O.HI/c1-15(2)14-22-12-6-10-20-18(19-4)21-11-9-17-8-5-7-16(3)13-17;/h5,7-8,13,15H,6,9-12,14H2,1-4H3,(H2,19,20,21);1H. The van der Waals surface area contributed by atoms with E-state index in [0.717, 1.165) is 45.1 Å². The van der Waals surface area contributed by atoms with E-state index in [2.05, 4.69) is 60.7 Å². The molecule has 0 unspecified atom stereocenters. The van der Waals surface area contributed by atoms with E-state index in [1.807, 2.05) is 0 Å². The number of rotatable bonds is 9. The van der Waals surface area contributed by atoms with Gasteiger partial charge in [0, 0.05) is 33.4 Å². The summed E-state index contributed by atoms with van der Waals surface area (Å²) >= 11 is 0. The van der Waals surface area contributed by atoms with Gasteiger partial charge in [-0.2, -0.15) is 0 Å². The second-order valence-electron chi connectivity index (χ2n) is 5.99. The van der Waals surface area contributed by atoms with Gasteiger partial charge in [0.15, 0.2) is 5.96 Å². The average molecular weight is 433 g/mol. The lowest BCUT2D eigenvalue weighted by molar-refractivity contribution is 0.108. The molecule has 1 rings (SSSR count). The number of aliphatic imine (C=N–C) groups is 1. The molecular formula is C18H32IN3O. The summed E-state index contributed by atoms with van der Waals surface area (Å²) in [7, 11) is 1.80. The second kappa shape index (κ2) is 13.6. The normalized spacial score (nSPS) is 11.3. The molecule has 0 aromatic heterocycles. The van der Waals surface area contributed by atoms with Crippen LogP contribution in [0, 0.1) is 12.8 Å². The highest BCUT2D eigenvalue weighted by Crippen LogP contribution is 2.03. The maximum absolute atomic E-state index is 5.56. The maximum atomic E-state index is 5.56. The topological polar surface area (TPSA) is 45.7 Å². The predicted octanol–water partition coefficient (Wildman–Crippen LogP) is 3.38. The van der Waals surface area contributed by atoms with Gasteiger partial charge in [-0.15, -0.1) is 24.0 Å². The van der Waals surface area contributed by atoms with Gasteiger partial charge in [-0.3, -0.25) is 4.99 Å². The van der Waals surface area contributed by atoms with Crippen LogP contribution in [-0.2, 0) is 11.2 Å². The summed E-state index contributed by atoms with van der Waals surface area (Å²) < 4.78 is 5.56. The van der Waals surface area contributed by atoms with Crippen molar-refractivity contribution in [1.82, 2.24) is 10.6 Å². The van der Waals surface area contributed by atoms with Crippen LogP contribution in [-0.4, -0.2) is 39.3 Å². The van der Waals surface area contributed by atoms with Gasteiger partial charge in [0.1, 0.15) is 0 Å². The lowest BCUT2D eigenvalue weighted by atomic mass is 10.1. The van der Waals surface area contributed by atoms with E-state index in [1.165, 1.54) is 11.1 Å². The first-order valence-corrected chi connectivity index (χ1v) is 8.19. The molecule has 0 aliphatic heterocycles. The van der Waals surface area contributed by atoms with Gasteiger partial charge in [0.05, 0.1) is 0 Å². The highest BCUT2D eigenvalue weighted by molar-refractivity contribution is 14.0. The molecule has 0 bridgehead atoms. The molecule has 0 radical (unpaired) electrons. The number of benzene rings is 1. The van der Waals surface area contributed by atoms with E-state index in [4.69, 9.17) is 4.74 Å². The second-order valence-corrected chi connectivity index (χ2v) is 5.99. The van der Waals surface area contributed by atoms with Crippen molar-refractivity contribution in [3.05, 3.63) is 35.4 Å². The van der Waals surface area contributed by atoms with Crippen LogP contribution in [0.2, 0.25) is 0 Å². The Labute approximate surface area is 158 Å². The fourth-order valence-corrected chi connectivity index (χ4v) is 2.11. The van der Waals surface area contributed by atoms with Crippen LogP contribution in [0.5, 0.6) is 0 Å². The molecule has 0 saturated heterocycles. The Morgan fingerprint density at radius 3 is 2.61 bits per heavy atom. The Morgan fingerprint density at radius 2 is 1.96 bits per heavy atom. The van der Waals surface area contributed by atoms with Gasteiger partial charge in [0.25, 0.3) is 0 Å². The third-order valence-electron chi connectivity index (χ3n) is 3.22. The van der Waals surface area contributed by atoms with Crippen LogP contribution in [0.25, 0.3) is 0 Å². The Kier molecular flexibility index (Phi) is 13.1. The SMILES string of the molecule is CN=C(NCCCOCC(C)C)NCCc1cccc(C)c1.I. The van der Waals surface area contributed by atoms with Gasteiger partial charge in [-0.25, -0.2) is 0 Å². The number of guanidine groups is 1. The summed E-state index contributed by atoms with van der Waals surface area (Å²) in [6.45, 7) is 9.85. The van der Waals surface area contributed by atoms with Crippen molar-refractivity contribution >= 4 is 29.9 Å². The van der Waals surface area contributed by atoms with Crippen LogP contribution in [0.4, 0.5) is 0 Å². The smallest absolute Gasteiger partial charge is 0.190 e. The molecule has 0 heterocycles. The van der Waals surface area contributed by atoms with Crippen LogP contribution in [0.3, 0.4) is 0 Å². The molecule has 0 spiro atoms. The highest BCUT2D eigenvalue weighted by Gasteiger charge is 1.99. The van der Waals surface area contributed by atoms with Crippen LogP contribution >= 0.6 is 24.0 Å². The number of nitrogens with zero attached hydrogens (tertiary/aromatic N) is 1. The molecule has 0 saturated carbocycles. The average Bonchev–Trinajstić information content (AvgIpc) is 2.48. The van der Waals surface area contributed by atoms with Crippen molar-refractivity contribution in [1.29, 1.82) is 0 Å². The molecule has 0 aliphatic rings. The minimum absolute atomic E-state index is 0. The number of hydrogen-bond donors (Lipinski definition) is 2. The molecule has 0 fully saturated rings. The molecule has 0 atom stereocenters. The molecule has 132 valence electrons. The highest BCUT2D eigenvalue weighted by atomic mass is 127. The lowest BCUT2D eigenvalue weighted by Gasteiger charge is -2.12. The first kappa shape index (κ1) is 22.2. The molecule has 0 amide bonds. The molecule has 1 aromatic rings. The van der Waals surface area contributed by atoms with Crippen LogP contribution in [0.1, 0.15) is 31.4 Å². The molecule has 2 N–H and O–H groups in total. The van der Waals surface area contributed by atoms with Gasteiger partial charge >= 0.3 is 0 Å². The minimum atomic E-state index is 0. The number of nitrogens with one attached hydrogen (secondary N) is 2. The van der Waals surface area contributed by atoms with E-state index in [9.17, 15) is 0 Å². The summed E-state index contributed by atoms with van der Waals surface area (Å²) in [6, 6.07) is 8.62. The summed E-state index contributed by atoms with van der Waals surface area (Å²) in [5, 5.41) is 6.66. The number of aryl methyl sites for hydroxylation is 1. The van der Waals surface area contributed by atoms with Crippen molar-refractivity contribution in [3.63, 3.8) is 0 Å². The molecule has 0 aliphatic carbocycles. The largest absolute Gasteiger partial charge is 0.381 e. The lowest BCUT2D eigenvalue weighted by Crippen LogP contribution is -2.39. The van der Waals surface area contributed by atoms with Crippen LogP contribution < -0.4 is 10.6 Å². The van der Waals surface area contributed by atoms with E-state index >= 15 is 0 Å². The molecule has 23 heavy (non-hydrogen) atoms. The molecule has 4 nitrogen and oxygen atoms in total. The first-order chi connectivity index (χ1) is 10.6. The van der Waals surface area contributed by atoms with Gasteiger partial charge in [0.2, 0.25) is 0 Å². The number of hydrogen-bond acceptors (Lipinski definition) is 2. The zero-order chi connectivity index (χ0) is 16.2. The van der Waals surface area contributed by atoms with Crippen molar-refractivity contribution < 1.29 is 4.74 Å². The monoisotopic (exact) mass is 433 g/mol. The quantitative estimate of drug-likeness (QED) is 0.272. The zero-order valence-electron chi connectivity index (χ0n) is 14.9. The Balaban J connectivity index is 0.00000484. The van der Waals surface area contributed by atoms with Crippen molar-refractivity contribution in [2.24, 2.45) is 10.9 Å². The first-order valence-electron chi connectivity index (χ1n) is 8.19. The number of ether oxygens (including phenoxy) is 1. The van der Waals surface area contributed by atoms with Crippen LogP contribution in [0.15, 0.2) is 29.3 Å². The summed E-state index contributed by atoms with van der Waals surface area (Å²) in [4.78, 5) is 4.24. The third-order valence-corrected chi connectivity index (χ3v) is 3.22. The summed E-state index contributed by atoms with van der Waals surface area (Å²) in [6.07, 6.45) is 1.99. The number of halogens is 1. The van der Waals surface area contributed by atoms with Crippen molar-refractivity contribution in [3.8, 4) is 0 Å². The minimum Gasteiger partial charge on any atom is -0.381 e. The fraction of sp³-hybridized carbons (Fsp3) is 0.611. The Morgan fingerprint density at radius 1 is 1.22 bits per heavy atom. The molecule has 1 aromatic carbocycles. The predicted molar refractivity (Wildman–Crippen MR) is 110 cm³/mol. The Hall–Kier alpha value is -0.820. The fourth-order valence-electron chi connectivity index (χ4n) is 2.11. The van der Waals surface area contributed by atoms with Gasteiger partial charge in [-0.05, 0) is 31.2 Å². The summed E-state index contributed by atoms with van der Waals surface area (Å²) in [5.41, 5.74) is 2.66. The maximum Gasteiger partial charge on any atom is 0.190 e. The van der Waals surface area contributed by atoms with Gasteiger partial charge < -0.3 is 15.4 Å². The zero-order valence-corrected chi connectivity index (χ0v) is 17.2. The van der Waals surface area contributed by atoms with E-state index in [0.29, 0.717) is 5.92 Å². The van der Waals surface area contributed by atoms with Crippen molar-refractivity contribution in [2.45, 2.75) is 33.6 Å². The van der Waals surface area contributed by atoms with E-state index in [-0.39, 0.29) is 24.0 Å². The van der Waals surface area contributed by atoms with E-state index < -0.39 is 0 Å².